The van der Waals surface area contributed by atoms with Crippen molar-refractivity contribution in [1.82, 2.24) is 9.97 Å². The number of phenols is 1. The largest absolute Gasteiger partial charge is 0.507 e. The van der Waals surface area contributed by atoms with E-state index >= 15 is 0 Å². The molecule has 5 rings (SSSR count). The molecule has 0 amide bonds. The third-order valence-corrected chi connectivity index (χ3v) is 8.72. The van der Waals surface area contributed by atoms with Gasteiger partial charge in [0.25, 0.3) is 0 Å². The van der Waals surface area contributed by atoms with Gasteiger partial charge in [-0.15, -0.1) is 0 Å². The topological polar surface area (TPSA) is 49.2 Å². The summed E-state index contributed by atoms with van der Waals surface area (Å²) in [6, 6.07) is 29.4. The summed E-state index contributed by atoms with van der Waals surface area (Å²) in [5, 5.41) is 11.2. The second-order valence-electron chi connectivity index (χ2n) is 15.6. The lowest BCUT2D eigenvalue weighted by atomic mass is 9.84. The first kappa shape index (κ1) is 32.9. The molecule has 4 nitrogen and oxygen atoms in total. The molecular weight excluding hydrogens is 562 g/mol. The average molecular weight is 612 g/mol. The van der Waals surface area contributed by atoms with Crippen LogP contribution >= 0.6 is 0 Å². The first-order valence-corrected chi connectivity index (χ1v) is 16.2. The van der Waals surface area contributed by atoms with Crippen molar-refractivity contribution in [2.75, 3.05) is 4.90 Å². The number of pyridine rings is 2. The number of anilines is 3. The van der Waals surface area contributed by atoms with E-state index in [1.54, 1.807) is 0 Å². The van der Waals surface area contributed by atoms with Gasteiger partial charge in [0.2, 0.25) is 0 Å². The lowest BCUT2D eigenvalue weighted by Gasteiger charge is -2.30. The average Bonchev–Trinajstić information content (AvgIpc) is 2.97. The number of benzene rings is 3. The Morgan fingerprint density at radius 2 is 1.20 bits per heavy atom. The van der Waals surface area contributed by atoms with E-state index in [2.05, 4.69) is 148 Å². The summed E-state index contributed by atoms with van der Waals surface area (Å²) in [5.74, 6) is 1.08. The number of aryl methyl sites for hydroxylation is 2. The molecule has 3 aromatic carbocycles. The van der Waals surface area contributed by atoms with Crippen LogP contribution < -0.4 is 4.90 Å². The fourth-order valence-corrected chi connectivity index (χ4v) is 5.85. The zero-order valence-corrected chi connectivity index (χ0v) is 29.4. The van der Waals surface area contributed by atoms with Crippen molar-refractivity contribution in [3.63, 3.8) is 0 Å². The fraction of sp³-hybridized carbons (Fsp3) is 0.333. The van der Waals surface area contributed by atoms with Gasteiger partial charge in [-0.2, -0.15) is 0 Å². The Balaban J connectivity index is 1.68. The fourth-order valence-electron chi connectivity index (χ4n) is 5.85. The van der Waals surface area contributed by atoms with Crippen molar-refractivity contribution >= 4 is 17.2 Å². The number of phenolic OH excluding ortho intramolecular Hbond substituents is 1. The first-order valence-electron chi connectivity index (χ1n) is 16.2. The minimum atomic E-state index is -0.0540. The molecule has 0 aliphatic rings. The van der Waals surface area contributed by atoms with Crippen LogP contribution in [0.2, 0.25) is 0 Å². The smallest absolute Gasteiger partial charge is 0.138 e. The zero-order valence-electron chi connectivity index (χ0n) is 29.4. The summed E-state index contributed by atoms with van der Waals surface area (Å²) in [6.45, 7) is 24.2. The van der Waals surface area contributed by atoms with Crippen LogP contribution in [0.3, 0.4) is 0 Å². The second kappa shape index (κ2) is 12.1. The van der Waals surface area contributed by atoms with Crippen molar-refractivity contribution in [3.8, 4) is 28.3 Å². The van der Waals surface area contributed by atoms with E-state index in [1.165, 1.54) is 22.3 Å². The van der Waals surface area contributed by atoms with Gasteiger partial charge in [-0.05, 0) is 99.9 Å². The molecular formula is C42H49N3O. The van der Waals surface area contributed by atoms with Crippen molar-refractivity contribution in [1.29, 1.82) is 0 Å². The number of hydrogen-bond acceptors (Lipinski definition) is 4. The highest BCUT2D eigenvalue weighted by molar-refractivity contribution is 5.83. The maximum Gasteiger partial charge on any atom is 0.138 e. The van der Waals surface area contributed by atoms with Crippen LogP contribution in [0.1, 0.15) is 90.1 Å². The molecule has 0 unspecified atom stereocenters. The highest BCUT2D eigenvalue weighted by Gasteiger charge is 2.24. The van der Waals surface area contributed by atoms with Crippen LogP contribution in [-0.2, 0) is 16.2 Å². The monoisotopic (exact) mass is 611 g/mol. The van der Waals surface area contributed by atoms with Gasteiger partial charge < -0.3 is 5.11 Å². The van der Waals surface area contributed by atoms with Gasteiger partial charge in [-0.1, -0.05) is 111 Å². The van der Waals surface area contributed by atoms with E-state index in [9.17, 15) is 5.11 Å². The SMILES string of the molecule is Cc1cc(C(C)(C)C)cc(C)c1N(c1cccc(-c2ccc(C(C)(C)C)cc2O)c1)c1cccc(-c2ccc(C(C)(C)C)cn2)n1. The molecule has 0 fully saturated rings. The molecule has 0 aliphatic carbocycles. The minimum Gasteiger partial charge on any atom is -0.507 e. The summed E-state index contributed by atoms with van der Waals surface area (Å²) in [7, 11) is 0. The molecule has 238 valence electrons. The van der Waals surface area contributed by atoms with Crippen molar-refractivity contribution in [3.05, 3.63) is 119 Å². The molecule has 0 saturated heterocycles. The normalized spacial score (nSPS) is 12.3. The van der Waals surface area contributed by atoms with Crippen molar-refractivity contribution in [2.45, 2.75) is 92.4 Å². The van der Waals surface area contributed by atoms with Gasteiger partial charge >= 0.3 is 0 Å². The number of hydrogen-bond donors (Lipinski definition) is 1. The second-order valence-corrected chi connectivity index (χ2v) is 15.6. The van der Waals surface area contributed by atoms with Crippen molar-refractivity contribution in [2.24, 2.45) is 0 Å². The lowest BCUT2D eigenvalue weighted by Crippen LogP contribution is -2.17. The molecule has 1 N–H and O–H groups in total. The molecule has 46 heavy (non-hydrogen) atoms. The Labute approximate surface area is 276 Å². The van der Waals surface area contributed by atoms with Gasteiger partial charge in [0.15, 0.2) is 0 Å². The molecule has 0 bridgehead atoms. The van der Waals surface area contributed by atoms with Crippen LogP contribution in [-0.4, -0.2) is 15.1 Å². The van der Waals surface area contributed by atoms with Gasteiger partial charge in [-0.25, -0.2) is 4.98 Å². The van der Waals surface area contributed by atoms with E-state index in [0.717, 1.165) is 45.3 Å². The number of rotatable bonds is 5. The van der Waals surface area contributed by atoms with Crippen LogP contribution in [0, 0.1) is 13.8 Å². The van der Waals surface area contributed by atoms with Gasteiger partial charge in [0, 0.05) is 17.4 Å². The molecule has 0 atom stereocenters. The van der Waals surface area contributed by atoms with Crippen molar-refractivity contribution < 1.29 is 5.11 Å². The maximum absolute atomic E-state index is 11.2. The van der Waals surface area contributed by atoms with E-state index in [-0.39, 0.29) is 22.0 Å². The molecule has 2 heterocycles. The molecule has 0 spiro atoms. The van der Waals surface area contributed by atoms with Crippen LogP contribution in [0.25, 0.3) is 22.5 Å². The van der Waals surface area contributed by atoms with Gasteiger partial charge in [0.05, 0.1) is 17.1 Å². The first-order chi connectivity index (χ1) is 21.4. The predicted molar refractivity (Wildman–Crippen MR) is 195 cm³/mol. The Kier molecular flexibility index (Phi) is 8.63. The van der Waals surface area contributed by atoms with Crippen LogP contribution in [0.5, 0.6) is 5.75 Å². The van der Waals surface area contributed by atoms with E-state index in [4.69, 9.17) is 9.97 Å². The molecule has 0 aliphatic heterocycles. The summed E-state index contributed by atoms with van der Waals surface area (Å²) in [6.07, 6.45) is 1.96. The van der Waals surface area contributed by atoms with E-state index in [0.29, 0.717) is 0 Å². The van der Waals surface area contributed by atoms with Gasteiger partial charge in [-0.3, -0.25) is 9.88 Å². The summed E-state index contributed by atoms with van der Waals surface area (Å²) >= 11 is 0. The lowest BCUT2D eigenvalue weighted by molar-refractivity contribution is 0.473. The Hall–Kier alpha value is -4.44. The Bertz CT molecular complexity index is 1840. The zero-order chi connectivity index (χ0) is 33.6. The standard InChI is InChI=1S/C42H49N3O/c1-27-22-32(42(9,10)11)23-28(2)39(27)45(38-17-13-16-36(44-38)35-21-19-31(26-43-35)41(6,7)8)33-15-12-14-29(24-33)34-20-18-30(25-37(34)46)40(3,4)5/h12-26,46H,1-11H3. The third kappa shape index (κ3) is 6.87. The summed E-state index contributed by atoms with van der Waals surface area (Å²) in [4.78, 5) is 12.3. The Morgan fingerprint density at radius 3 is 1.76 bits per heavy atom. The molecule has 2 aromatic heterocycles. The molecule has 0 radical (unpaired) electrons. The van der Waals surface area contributed by atoms with Crippen LogP contribution in [0.4, 0.5) is 17.2 Å². The van der Waals surface area contributed by atoms with E-state index in [1.807, 2.05) is 24.4 Å². The highest BCUT2D eigenvalue weighted by atomic mass is 16.3. The van der Waals surface area contributed by atoms with E-state index < -0.39 is 0 Å². The third-order valence-electron chi connectivity index (χ3n) is 8.72. The quantitative estimate of drug-likeness (QED) is 0.215. The summed E-state index contributed by atoms with van der Waals surface area (Å²) in [5.41, 5.74) is 11.4. The van der Waals surface area contributed by atoms with Crippen LogP contribution in [0.15, 0.2) is 91.1 Å². The Morgan fingerprint density at radius 1 is 0.587 bits per heavy atom. The number of aromatic nitrogens is 2. The molecule has 4 heteroatoms. The van der Waals surface area contributed by atoms with Gasteiger partial charge in [0.1, 0.15) is 11.6 Å². The number of nitrogens with zero attached hydrogens (tertiary/aromatic N) is 3. The highest BCUT2D eigenvalue weighted by Crippen LogP contribution is 2.42. The number of aromatic hydroxyl groups is 1. The molecule has 0 saturated carbocycles. The maximum atomic E-state index is 11.2. The molecule has 5 aromatic rings. The summed E-state index contributed by atoms with van der Waals surface area (Å²) < 4.78 is 0. The predicted octanol–water partition coefficient (Wildman–Crippen LogP) is 11.5. The minimum absolute atomic E-state index is 0.0262.